The van der Waals surface area contributed by atoms with E-state index in [4.69, 9.17) is 0 Å². The molecule has 0 spiro atoms. The highest BCUT2D eigenvalue weighted by atomic mass is 32.2. The normalized spacial score (nSPS) is 11.6. The summed E-state index contributed by atoms with van der Waals surface area (Å²) in [7, 11) is 0. The number of thioether (sulfide) groups is 1. The van der Waals surface area contributed by atoms with Gasteiger partial charge in [0.25, 0.3) is 0 Å². The summed E-state index contributed by atoms with van der Waals surface area (Å²) in [5, 5.41) is 3.44. The topological polar surface area (TPSA) is 54.9 Å². The number of amides is 1. The Morgan fingerprint density at radius 3 is 2.52 bits per heavy atom. The van der Waals surface area contributed by atoms with Crippen LogP contribution >= 0.6 is 11.8 Å². The summed E-state index contributed by atoms with van der Waals surface area (Å²) in [6, 6.07) is 12.7. The van der Waals surface area contributed by atoms with Crippen LogP contribution < -0.4 is 5.32 Å². The predicted octanol–water partition coefficient (Wildman–Crippen LogP) is 5.32. The van der Waals surface area contributed by atoms with Crippen LogP contribution in [0.4, 0.5) is 13.2 Å². The summed E-state index contributed by atoms with van der Waals surface area (Å²) in [5.41, 5.74) is -0.368. The lowest BCUT2D eigenvalue weighted by Crippen LogP contribution is -2.26. The molecule has 1 amide bonds. The van der Waals surface area contributed by atoms with Crippen LogP contribution in [0, 0.1) is 0 Å². The maximum Gasteiger partial charge on any atom is 0.418 e. The first-order valence-electron chi connectivity index (χ1n) is 9.23. The average molecular weight is 419 g/mol. The van der Waals surface area contributed by atoms with Crippen LogP contribution in [-0.4, -0.2) is 28.2 Å². The number of unbranched alkanes of at least 4 members (excludes halogenated alkanes) is 1. The number of nitrogens with zero attached hydrogens (tertiary/aromatic N) is 2. The van der Waals surface area contributed by atoms with Gasteiger partial charge in [-0.25, -0.2) is 9.97 Å². The molecule has 0 atom stereocenters. The molecule has 0 fully saturated rings. The van der Waals surface area contributed by atoms with Gasteiger partial charge in [0.05, 0.1) is 16.8 Å². The highest BCUT2D eigenvalue weighted by Crippen LogP contribution is 2.37. The monoisotopic (exact) mass is 419 g/mol. The van der Waals surface area contributed by atoms with Gasteiger partial charge in [0.15, 0.2) is 5.82 Å². The van der Waals surface area contributed by atoms with E-state index in [1.54, 1.807) is 30.3 Å². The minimum absolute atomic E-state index is 0.0697. The molecule has 3 aromatic rings. The number of hydrogen-bond donors (Lipinski definition) is 1. The van der Waals surface area contributed by atoms with Crippen LogP contribution in [0.5, 0.6) is 0 Å². The lowest BCUT2D eigenvalue weighted by molar-refractivity contribution is -0.136. The summed E-state index contributed by atoms with van der Waals surface area (Å²) in [6.07, 6.45) is -2.70. The van der Waals surface area contributed by atoms with Gasteiger partial charge in [0, 0.05) is 17.5 Å². The molecule has 0 aliphatic rings. The fourth-order valence-corrected chi connectivity index (χ4v) is 3.61. The van der Waals surface area contributed by atoms with Gasteiger partial charge in [-0.3, -0.25) is 4.79 Å². The van der Waals surface area contributed by atoms with E-state index in [0.717, 1.165) is 30.7 Å². The molecule has 0 saturated heterocycles. The van der Waals surface area contributed by atoms with Gasteiger partial charge in [-0.05, 0) is 12.5 Å². The predicted molar refractivity (Wildman–Crippen MR) is 109 cm³/mol. The molecule has 0 aliphatic carbocycles. The van der Waals surface area contributed by atoms with Crippen molar-refractivity contribution in [3.8, 4) is 11.4 Å². The average Bonchev–Trinajstić information content (AvgIpc) is 2.71. The fourth-order valence-electron chi connectivity index (χ4n) is 2.77. The van der Waals surface area contributed by atoms with Gasteiger partial charge in [0.2, 0.25) is 5.91 Å². The number of aromatic nitrogens is 2. The molecular weight excluding hydrogens is 399 g/mol. The number of rotatable bonds is 7. The Morgan fingerprint density at radius 1 is 1.07 bits per heavy atom. The second-order valence-corrected chi connectivity index (χ2v) is 7.37. The molecule has 0 radical (unpaired) electrons. The van der Waals surface area contributed by atoms with Crippen LogP contribution in [0.25, 0.3) is 22.3 Å². The number of benzene rings is 2. The van der Waals surface area contributed by atoms with Crippen molar-refractivity contribution < 1.29 is 18.0 Å². The van der Waals surface area contributed by atoms with Gasteiger partial charge in [-0.1, -0.05) is 67.6 Å². The molecule has 2 aromatic carbocycles. The zero-order chi connectivity index (χ0) is 20.9. The molecule has 152 valence electrons. The lowest BCUT2D eigenvalue weighted by atomic mass is 10.1. The van der Waals surface area contributed by atoms with Crippen molar-refractivity contribution in [2.75, 3.05) is 12.3 Å². The minimum Gasteiger partial charge on any atom is -0.355 e. The van der Waals surface area contributed by atoms with Crippen molar-refractivity contribution in [3.05, 3.63) is 54.1 Å². The summed E-state index contributed by atoms with van der Waals surface area (Å²) < 4.78 is 40.6. The first-order chi connectivity index (χ1) is 13.9. The van der Waals surface area contributed by atoms with Crippen molar-refractivity contribution in [1.29, 1.82) is 0 Å². The Morgan fingerprint density at radius 2 is 1.83 bits per heavy atom. The van der Waals surface area contributed by atoms with E-state index in [1.807, 2.05) is 13.0 Å². The third kappa shape index (κ3) is 5.26. The van der Waals surface area contributed by atoms with Gasteiger partial charge in [-0.2, -0.15) is 13.2 Å². The number of para-hydroxylation sites is 1. The molecule has 29 heavy (non-hydrogen) atoms. The van der Waals surface area contributed by atoms with E-state index >= 15 is 0 Å². The van der Waals surface area contributed by atoms with Crippen LogP contribution in [0.1, 0.15) is 25.3 Å². The standard InChI is InChI=1S/C21H20F3N3OS/c1-2-3-12-25-17(28)13-29-20-15-10-7-11-16(21(22,23)24)18(15)26-19(27-20)14-8-5-4-6-9-14/h4-11H,2-3,12-13H2,1H3,(H,25,28). The largest absolute Gasteiger partial charge is 0.418 e. The number of fused-ring (bicyclic) bond motifs is 1. The van der Waals surface area contributed by atoms with Crippen molar-refractivity contribution in [2.45, 2.75) is 31.0 Å². The molecule has 1 aromatic heterocycles. The molecule has 0 aliphatic heterocycles. The second-order valence-electron chi connectivity index (χ2n) is 6.41. The van der Waals surface area contributed by atoms with Crippen molar-refractivity contribution in [2.24, 2.45) is 0 Å². The first kappa shape index (κ1) is 21.1. The third-order valence-electron chi connectivity index (χ3n) is 4.22. The van der Waals surface area contributed by atoms with E-state index in [2.05, 4.69) is 15.3 Å². The number of carbonyl (C=O) groups excluding carboxylic acids is 1. The first-order valence-corrected chi connectivity index (χ1v) is 10.2. The Bertz CT molecular complexity index is 994. The van der Waals surface area contributed by atoms with Gasteiger partial charge >= 0.3 is 6.18 Å². The molecule has 4 nitrogen and oxygen atoms in total. The van der Waals surface area contributed by atoms with Gasteiger partial charge in [-0.15, -0.1) is 0 Å². The third-order valence-corrected chi connectivity index (χ3v) is 5.21. The minimum atomic E-state index is -4.54. The summed E-state index contributed by atoms with van der Waals surface area (Å²) in [5.74, 6) is 0.0902. The maximum absolute atomic E-state index is 13.5. The zero-order valence-electron chi connectivity index (χ0n) is 15.8. The van der Waals surface area contributed by atoms with Crippen molar-refractivity contribution in [3.63, 3.8) is 0 Å². The van der Waals surface area contributed by atoms with Crippen molar-refractivity contribution >= 4 is 28.6 Å². The molecule has 0 bridgehead atoms. The smallest absolute Gasteiger partial charge is 0.355 e. The molecule has 8 heteroatoms. The van der Waals surface area contributed by atoms with Crippen LogP contribution in [0.15, 0.2) is 53.6 Å². The summed E-state index contributed by atoms with van der Waals surface area (Å²) in [4.78, 5) is 20.7. The molecule has 3 rings (SSSR count). The zero-order valence-corrected chi connectivity index (χ0v) is 16.6. The van der Waals surface area contributed by atoms with Gasteiger partial charge < -0.3 is 5.32 Å². The molecule has 0 saturated carbocycles. The summed E-state index contributed by atoms with van der Waals surface area (Å²) in [6.45, 7) is 2.60. The summed E-state index contributed by atoms with van der Waals surface area (Å²) >= 11 is 1.11. The van der Waals surface area contributed by atoms with E-state index in [9.17, 15) is 18.0 Å². The number of nitrogens with one attached hydrogen (secondary N) is 1. The van der Waals surface area contributed by atoms with Crippen molar-refractivity contribution in [1.82, 2.24) is 15.3 Å². The van der Waals surface area contributed by atoms with E-state index in [0.29, 0.717) is 17.1 Å². The SMILES string of the molecule is CCCCNC(=O)CSc1nc(-c2ccccc2)nc2c(C(F)(F)F)cccc12. The second kappa shape index (κ2) is 9.26. The molecule has 0 unspecified atom stereocenters. The number of halogens is 3. The highest BCUT2D eigenvalue weighted by Gasteiger charge is 2.34. The van der Waals surface area contributed by atoms with Gasteiger partial charge in [0.1, 0.15) is 5.03 Å². The quantitative estimate of drug-likeness (QED) is 0.320. The molecule has 1 N–H and O–H groups in total. The number of hydrogen-bond acceptors (Lipinski definition) is 4. The Hall–Kier alpha value is -2.61. The number of carbonyl (C=O) groups is 1. The Labute approximate surface area is 170 Å². The Kier molecular flexibility index (Phi) is 6.74. The van der Waals surface area contributed by atoms with Crippen LogP contribution in [0.2, 0.25) is 0 Å². The van der Waals surface area contributed by atoms with E-state index in [1.165, 1.54) is 6.07 Å². The van der Waals surface area contributed by atoms with Crippen LogP contribution in [0.3, 0.4) is 0 Å². The fraction of sp³-hybridized carbons (Fsp3) is 0.286. The number of alkyl halides is 3. The molecular formula is C21H20F3N3OS. The lowest BCUT2D eigenvalue weighted by Gasteiger charge is -2.13. The maximum atomic E-state index is 13.5. The highest BCUT2D eigenvalue weighted by molar-refractivity contribution is 8.00. The Balaban J connectivity index is 2.02. The van der Waals surface area contributed by atoms with E-state index in [-0.39, 0.29) is 28.4 Å². The van der Waals surface area contributed by atoms with E-state index < -0.39 is 11.7 Å². The van der Waals surface area contributed by atoms with Crippen LogP contribution in [-0.2, 0) is 11.0 Å². The molecule has 1 heterocycles.